The molecule has 0 aromatic heterocycles. The molecule has 0 unspecified atom stereocenters. The summed E-state index contributed by atoms with van der Waals surface area (Å²) < 4.78 is 5.84. The van der Waals surface area contributed by atoms with E-state index in [2.05, 4.69) is 30.3 Å². The maximum absolute atomic E-state index is 5.84. The molecule has 0 bridgehead atoms. The smallest absolute Gasteiger partial charge is 0.120 e. The Morgan fingerprint density at radius 2 is 1.67 bits per heavy atom. The number of hydrogen-bond donors (Lipinski definition) is 0. The molecule has 1 aliphatic rings. The standard InChI is InChI=1S/C15H14OS2/c1-2-4-12(5-3-1)9-16-15-7-6-13-10-17-18-11-14(13)8-15/h1-8H,9-11H2. The zero-order valence-corrected chi connectivity index (χ0v) is 11.6. The monoisotopic (exact) mass is 274 g/mol. The Balaban J connectivity index is 1.70. The van der Waals surface area contributed by atoms with Crippen molar-refractivity contribution in [1.82, 2.24) is 0 Å². The molecule has 0 aliphatic carbocycles. The van der Waals surface area contributed by atoms with Crippen LogP contribution in [0, 0.1) is 0 Å². The fourth-order valence-electron chi connectivity index (χ4n) is 1.92. The summed E-state index contributed by atoms with van der Waals surface area (Å²) in [6.45, 7) is 0.640. The Morgan fingerprint density at radius 3 is 2.50 bits per heavy atom. The van der Waals surface area contributed by atoms with E-state index in [1.165, 1.54) is 16.7 Å². The van der Waals surface area contributed by atoms with Crippen LogP contribution >= 0.6 is 21.6 Å². The molecular weight excluding hydrogens is 260 g/mol. The van der Waals surface area contributed by atoms with E-state index in [0.717, 1.165) is 17.3 Å². The molecule has 18 heavy (non-hydrogen) atoms. The van der Waals surface area contributed by atoms with Crippen LogP contribution in [0.25, 0.3) is 0 Å². The van der Waals surface area contributed by atoms with E-state index in [1.54, 1.807) is 0 Å². The van der Waals surface area contributed by atoms with E-state index >= 15 is 0 Å². The van der Waals surface area contributed by atoms with Crippen LogP contribution < -0.4 is 4.74 Å². The zero-order chi connectivity index (χ0) is 12.2. The Kier molecular flexibility index (Phi) is 3.81. The molecule has 3 heteroatoms. The molecule has 0 spiro atoms. The highest BCUT2D eigenvalue weighted by molar-refractivity contribution is 8.76. The molecule has 0 amide bonds. The molecule has 92 valence electrons. The van der Waals surface area contributed by atoms with Gasteiger partial charge in [0.05, 0.1) is 0 Å². The van der Waals surface area contributed by atoms with Gasteiger partial charge in [-0.15, -0.1) is 0 Å². The molecule has 0 atom stereocenters. The van der Waals surface area contributed by atoms with E-state index in [4.69, 9.17) is 4.74 Å². The normalized spacial score (nSPS) is 14.0. The first-order chi connectivity index (χ1) is 8.92. The number of hydrogen-bond acceptors (Lipinski definition) is 3. The van der Waals surface area contributed by atoms with Crippen molar-refractivity contribution >= 4 is 21.6 Å². The van der Waals surface area contributed by atoms with Gasteiger partial charge in [-0.05, 0) is 28.8 Å². The highest BCUT2D eigenvalue weighted by Crippen LogP contribution is 2.38. The molecule has 2 aromatic rings. The van der Waals surface area contributed by atoms with Crippen molar-refractivity contribution in [2.75, 3.05) is 0 Å². The van der Waals surface area contributed by atoms with Gasteiger partial charge < -0.3 is 4.74 Å². The van der Waals surface area contributed by atoms with Gasteiger partial charge >= 0.3 is 0 Å². The summed E-state index contributed by atoms with van der Waals surface area (Å²) >= 11 is 0. The Labute approximate surface area is 115 Å². The summed E-state index contributed by atoms with van der Waals surface area (Å²) in [5.74, 6) is 3.17. The summed E-state index contributed by atoms with van der Waals surface area (Å²) in [6.07, 6.45) is 0. The lowest BCUT2D eigenvalue weighted by molar-refractivity contribution is 0.306. The molecule has 3 rings (SSSR count). The molecule has 0 saturated carbocycles. The summed E-state index contributed by atoms with van der Waals surface area (Å²) in [5.41, 5.74) is 4.08. The molecule has 2 aromatic carbocycles. The van der Waals surface area contributed by atoms with Gasteiger partial charge in [0, 0.05) is 11.5 Å². The average Bonchev–Trinajstić information content (AvgIpc) is 2.46. The third-order valence-electron chi connectivity index (χ3n) is 2.94. The van der Waals surface area contributed by atoms with Crippen LogP contribution in [0.5, 0.6) is 5.75 Å². The lowest BCUT2D eigenvalue weighted by Crippen LogP contribution is -1.99. The molecular formula is C15H14OS2. The SMILES string of the molecule is c1ccc(COc2ccc3c(c2)CSSC3)cc1. The fourth-order valence-corrected chi connectivity index (χ4v) is 4.15. The van der Waals surface area contributed by atoms with Gasteiger partial charge in [-0.3, -0.25) is 0 Å². The van der Waals surface area contributed by atoms with Crippen LogP contribution in [-0.4, -0.2) is 0 Å². The second-order valence-electron chi connectivity index (χ2n) is 4.23. The van der Waals surface area contributed by atoms with E-state index in [1.807, 2.05) is 39.8 Å². The van der Waals surface area contributed by atoms with Crippen molar-refractivity contribution in [2.45, 2.75) is 18.1 Å². The first-order valence-electron chi connectivity index (χ1n) is 5.95. The summed E-state index contributed by atoms with van der Waals surface area (Å²) in [4.78, 5) is 0. The first kappa shape index (κ1) is 12.0. The largest absolute Gasteiger partial charge is 0.489 e. The molecule has 0 radical (unpaired) electrons. The molecule has 0 N–H and O–H groups in total. The van der Waals surface area contributed by atoms with Crippen LogP contribution in [0.3, 0.4) is 0 Å². The summed E-state index contributed by atoms with van der Waals surface area (Å²) in [6, 6.07) is 16.7. The molecule has 1 heterocycles. The van der Waals surface area contributed by atoms with Crippen molar-refractivity contribution in [2.24, 2.45) is 0 Å². The molecule has 1 nitrogen and oxygen atoms in total. The lowest BCUT2D eigenvalue weighted by atomic mass is 10.1. The quantitative estimate of drug-likeness (QED) is 0.753. The van der Waals surface area contributed by atoms with Crippen LogP contribution in [0.1, 0.15) is 16.7 Å². The van der Waals surface area contributed by atoms with Gasteiger partial charge in [0.1, 0.15) is 12.4 Å². The second kappa shape index (κ2) is 5.72. The van der Waals surface area contributed by atoms with Crippen molar-refractivity contribution in [3.63, 3.8) is 0 Å². The van der Waals surface area contributed by atoms with Gasteiger partial charge in [-0.25, -0.2) is 0 Å². The van der Waals surface area contributed by atoms with Crippen molar-refractivity contribution in [3.8, 4) is 5.75 Å². The van der Waals surface area contributed by atoms with Crippen LogP contribution in [-0.2, 0) is 18.1 Å². The van der Waals surface area contributed by atoms with Gasteiger partial charge in [0.2, 0.25) is 0 Å². The minimum atomic E-state index is 0.640. The lowest BCUT2D eigenvalue weighted by Gasteiger charge is -2.16. The number of fused-ring (bicyclic) bond motifs is 1. The Morgan fingerprint density at radius 1 is 0.889 bits per heavy atom. The van der Waals surface area contributed by atoms with Gasteiger partial charge in [-0.2, -0.15) is 0 Å². The predicted molar refractivity (Wildman–Crippen MR) is 79.8 cm³/mol. The summed E-state index contributed by atoms with van der Waals surface area (Å²) in [5, 5.41) is 0. The molecule has 1 aliphatic heterocycles. The third kappa shape index (κ3) is 2.85. The second-order valence-corrected chi connectivity index (χ2v) is 6.69. The zero-order valence-electron chi connectivity index (χ0n) is 9.96. The van der Waals surface area contributed by atoms with E-state index in [0.29, 0.717) is 6.61 Å². The number of ether oxygens (including phenoxy) is 1. The highest BCUT2D eigenvalue weighted by atomic mass is 33.1. The minimum Gasteiger partial charge on any atom is -0.489 e. The van der Waals surface area contributed by atoms with Crippen molar-refractivity contribution in [3.05, 3.63) is 65.2 Å². The third-order valence-corrected chi connectivity index (χ3v) is 5.17. The van der Waals surface area contributed by atoms with Gasteiger partial charge in [0.15, 0.2) is 0 Å². The maximum Gasteiger partial charge on any atom is 0.120 e. The van der Waals surface area contributed by atoms with Crippen LogP contribution in [0.15, 0.2) is 48.5 Å². The minimum absolute atomic E-state index is 0.640. The van der Waals surface area contributed by atoms with Gasteiger partial charge in [0.25, 0.3) is 0 Å². The van der Waals surface area contributed by atoms with E-state index < -0.39 is 0 Å². The summed E-state index contributed by atoms with van der Waals surface area (Å²) in [7, 11) is 3.85. The Bertz CT molecular complexity index is 525. The maximum atomic E-state index is 5.84. The van der Waals surface area contributed by atoms with E-state index in [-0.39, 0.29) is 0 Å². The molecule has 0 fully saturated rings. The average molecular weight is 274 g/mol. The van der Waals surface area contributed by atoms with Crippen LogP contribution in [0.2, 0.25) is 0 Å². The topological polar surface area (TPSA) is 9.23 Å². The van der Waals surface area contributed by atoms with Gasteiger partial charge in [-0.1, -0.05) is 58.0 Å². The number of rotatable bonds is 3. The van der Waals surface area contributed by atoms with Crippen LogP contribution in [0.4, 0.5) is 0 Å². The molecule has 0 saturated heterocycles. The fraction of sp³-hybridized carbons (Fsp3) is 0.200. The number of benzene rings is 2. The van der Waals surface area contributed by atoms with E-state index in [9.17, 15) is 0 Å². The predicted octanol–water partition coefficient (Wildman–Crippen LogP) is 4.66. The Hall–Kier alpha value is -1.06. The van der Waals surface area contributed by atoms with Crippen molar-refractivity contribution in [1.29, 1.82) is 0 Å². The first-order valence-corrected chi connectivity index (χ1v) is 8.43. The highest BCUT2D eigenvalue weighted by Gasteiger charge is 2.10. The van der Waals surface area contributed by atoms with Crippen molar-refractivity contribution < 1.29 is 4.74 Å².